The lowest BCUT2D eigenvalue weighted by Gasteiger charge is -2.27. The largest absolute Gasteiger partial charge is 0.392 e. The predicted molar refractivity (Wildman–Crippen MR) is 74.1 cm³/mol. The molecule has 0 bridgehead atoms. The van der Waals surface area contributed by atoms with Crippen molar-refractivity contribution in [3.05, 3.63) is 59.4 Å². The zero-order valence-electron chi connectivity index (χ0n) is 10.8. The summed E-state index contributed by atoms with van der Waals surface area (Å²) in [7, 11) is 0. The predicted octanol–water partition coefficient (Wildman–Crippen LogP) is 3.40. The van der Waals surface area contributed by atoms with Crippen LogP contribution < -0.4 is 4.90 Å². The van der Waals surface area contributed by atoms with Gasteiger partial charge < -0.3 is 10.0 Å². The average molecular weight is 257 g/mol. The molecule has 3 heteroatoms. The molecule has 2 aromatic rings. The average Bonchev–Trinajstić information content (AvgIpc) is 2.74. The van der Waals surface area contributed by atoms with Crippen LogP contribution in [0.15, 0.2) is 42.5 Å². The molecule has 0 amide bonds. The Morgan fingerprint density at radius 3 is 2.79 bits per heavy atom. The molecule has 98 valence electrons. The van der Waals surface area contributed by atoms with Gasteiger partial charge in [0.1, 0.15) is 5.82 Å². The number of rotatable bonds is 2. The maximum atomic E-state index is 14.2. The van der Waals surface area contributed by atoms with Crippen molar-refractivity contribution in [2.45, 2.75) is 26.0 Å². The van der Waals surface area contributed by atoms with Crippen molar-refractivity contribution in [2.24, 2.45) is 0 Å². The SMILES string of the molecule is CC1Cc2ccccc2N1c1c(F)cccc1CO. The lowest BCUT2D eigenvalue weighted by atomic mass is 10.1. The Morgan fingerprint density at radius 2 is 2.00 bits per heavy atom. The van der Waals surface area contributed by atoms with Gasteiger partial charge in [-0.1, -0.05) is 30.3 Å². The van der Waals surface area contributed by atoms with Gasteiger partial charge in [-0.2, -0.15) is 0 Å². The van der Waals surface area contributed by atoms with Crippen LogP contribution in [0.5, 0.6) is 0 Å². The monoisotopic (exact) mass is 257 g/mol. The van der Waals surface area contributed by atoms with Crippen molar-refractivity contribution in [3.8, 4) is 0 Å². The molecular formula is C16H16FNO. The van der Waals surface area contributed by atoms with E-state index in [0.717, 1.165) is 12.1 Å². The van der Waals surface area contributed by atoms with Crippen LogP contribution in [0.2, 0.25) is 0 Å². The van der Waals surface area contributed by atoms with Crippen LogP contribution >= 0.6 is 0 Å². The van der Waals surface area contributed by atoms with Gasteiger partial charge >= 0.3 is 0 Å². The molecule has 1 heterocycles. The Kier molecular flexibility index (Phi) is 2.99. The molecule has 1 N–H and O–H groups in total. The van der Waals surface area contributed by atoms with Gasteiger partial charge in [0.05, 0.1) is 12.3 Å². The molecule has 0 radical (unpaired) electrons. The van der Waals surface area contributed by atoms with E-state index in [2.05, 4.69) is 13.0 Å². The van der Waals surface area contributed by atoms with Gasteiger partial charge in [-0.25, -0.2) is 4.39 Å². The second kappa shape index (κ2) is 4.67. The van der Waals surface area contributed by atoms with Gasteiger partial charge in [-0.15, -0.1) is 0 Å². The molecule has 3 rings (SSSR count). The first-order chi connectivity index (χ1) is 9.22. The van der Waals surface area contributed by atoms with Crippen LogP contribution in [0.3, 0.4) is 0 Å². The fourth-order valence-corrected chi connectivity index (χ4v) is 2.86. The highest BCUT2D eigenvalue weighted by molar-refractivity contribution is 5.73. The molecule has 1 atom stereocenters. The second-order valence-electron chi connectivity index (χ2n) is 4.96. The van der Waals surface area contributed by atoms with E-state index in [1.807, 2.05) is 23.1 Å². The minimum absolute atomic E-state index is 0.154. The number of aliphatic hydroxyl groups excluding tert-OH is 1. The van der Waals surface area contributed by atoms with Crippen molar-refractivity contribution in [1.29, 1.82) is 0 Å². The zero-order valence-corrected chi connectivity index (χ0v) is 10.8. The van der Waals surface area contributed by atoms with Crippen LogP contribution in [-0.2, 0) is 13.0 Å². The third kappa shape index (κ3) is 1.90. The maximum absolute atomic E-state index is 14.2. The highest BCUT2D eigenvalue weighted by atomic mass is 19.1. The number of benzene rings is 2. The van der Waals surface area contributed by atoms with E-state index >= 15 is 0 Å². The molecule has 0 saturated heterocycles. The number of hydrogen-bond acceptors (Lipinski definition) is 2. The van der Waals surface area contributed by atoms with Crippen molar-refractivity contribution in [2.75, 3.05) is 4.90 Å². The van der Waals surface area contributed by atoms with E-state index in [1.165, 1.54) is 11.6 Å². The summed E-state index contributed by atoms with van der Waals surface area (Å²) in [6.45, 7) is 1.92. The first kappa shape index (κ1) is 12.2. The minimum atomic E-state index is -0.282. The third-order valence-electron chi connectivity index (χ3n) is 3.69. The van der Waals surface area contributed by atoms with Crippen LogP contribution in [-0.4, -0.2) is 11.1 Å². The Balaban J connectivity index is 2.18. The van der Waals surface area contributed by atoms with Crippen LogP contribution in [0.25, 0.3) is 0 Å². The Hall–Kier alpha value is -1.87. The molecule has 2 aromatic carbocycles. The fraction of sp³-hybridized carbons (Fsp3) is 0.250. The van der Waals surface area contributed by atoms with E-state index in [0.29, 0.717) is 11.3 Å². The lowest BCUT2D eigenvalue weighted by Crippen LogP contribution is -2.26. The summed E-state index contributed by atoms with van der Waals surface area (Å²) in [5, 5.41) is 9.44. The van der Waals surface area contributed by atoms with Crippen molar-refractivity contribution in [3.63, 3.8) is 0 Å². The summed E-state index contributed by atoms with van der Waals surface area (Å²) in [4.78, 5) is 2.00. The summed E-state index contributed by atoms with van der Waals surface area (Å²) in [5.41, 5.74) is 3.39. The number of aliphatic hydroxyl groups is 1. The van der Waals surface area contributed by atoms with Gasteiger partial charge in [0.25, 0.3) is 0 Å². The van der Waals surface area contributed by atoms with Crippen molar-refractivity contribution < 1.29 is 9.50 Å². The number of hydrogen-bond donors (Lipinski definition) is 1. The summed E-state index contributed by atoms with van der Waals surface area (Å²) in [6, 6.07) is 13.1. The van der Waals surface area contributed by atoms with Gasteiger partial charge in [-0.3, -0.25) is 0 Å². The van der Waals surface area contributed by atoms with E-state index in [1.54, 1.807) is 12.1 Å². The van der Waals surface area contributed by atoms with Crippen LogP contribution in [0.4, 0.5) is 15.8 Å². The summed E-state index contributed by atoms with van der Waals surface area (Å²) in [5.74, 6) is -0.282. The van der Waals surface area contributed by atoms with E-state index < -0.39 is 0 Å². The highest BCUT2D eigenvalue weighted by Crippen LogP contribution is 2.40. The molecule has 0 spiro atoms. The molecule has 0 saturated carbocycles. The molecular weight excluding hydrogens is 241 g/mol. The minimum Gasteiger partial charge on any atom is -0.392 e. The number of nitrogens with zero attached hydrogens (tertiary/aromatic N) is 1. The number of fused-ring (bicyclic) bond motifs is 1. The third-order valence-corrected chi connectivity index (χ3v) is 3.69. The first-order valence-electron chi connectivity index (χ1n) is 6.47. The smallest absolute Gasteiger partial charge is 0.147 e. The molecule has 1 aliphatic heterocycles. The summed E-state index contributed by atoms with van der Waals surface area (Å²) >= 11 is 0. The number of halogens is 1. The molecule has 0 aliphatic carbocycles. The molecule has 19 heavy (non-hydrogen) atoms. The molecule has 0 aromatic heterocycles. The molecule has 1 aliphatic rings. The number of para-hydroxylation sites is 2. The van der Waals surface area contributed by atoms with Gasteiger partial charge in [0, 0.05) is 17.3 Å². The zero-order chi connectivity index (χ0) is 13.4. The summed E-state index contributed by atoms with van der Waals surface area (Å²) in [6.07, 6.45) is 0.898. The van der Waals surface area contributed by atoms with Crippen molar-refractivity contribution >= 4 is 11.4 Å². The van der Waals surface area contributed by atoms with Gasteiger partial charge in [-0.05, 0) is 31.0 Å². The lowest BCUT2D eigenvalue weighted by molar-refractivity contribution is 0.281. The van der Waals surface area contributed by atoms with E-state index in [9.17, 15) is 9.50 Å². The maximum Gasteiger partial charge on any atom is 0.147 e. The molecule has 0 fully saturated rings. The van der Waals surface area contributed by atoms with Crippen LogP contribution in [0, 0.1) is 5.82 Å². The first-order valence-corrected chi connectivity index (χ1v) is 6.47. The van der Waals surface area contributed by atoms with E-state index in [4.69, 9.17) is 0 Å². The Morgan fingerprint density at radius 1 is 1.21 bits per heavy atom. The molecule has 2 nitrogen and oxygen atoms in total. The normalized spacial score (nSPS) is 17.6. The second-order valence-corrected chi connectivity index (χ2v) is 4.96. The standard InChI is InChI=1S/C16H16FNO/c1-11-9-12-5-2-3-8-15(12)18(11)16-13(10-19)6-4-7-14(16)17/h2-8,11,19H,9-10H2,1H3. The topological polar surface area (TPSA) is 23.5 Å². The Labute approximate surface area is 112 Å². The van der Waals surface area contributed by atoms with E-state index in [-0.39, 0.29) is 18.5 Å². The van der Waals surface area contributed by atoms with Gasteiger partial charge in [0.15, 0.2) is 0 Å². The molecule has 1 unspecified atom stereocenters. The quantitative estimate of drug-likeness (QED) is 0.891. The van der Waals surface area contributed by atoms with Gasteiger partial charge in [0.2, 0.25) is 0 Å². The Bertz CT molecular complexity index is 611. The van der Waals surface area contributed by atoms with Crippen molar-refractivity contribution in [1.82, 2.24) is 0 Å². The van der Waals surface area contributed by atoms with Crippen LogP contribution in [0.1, 0.15) is 18.1 Å². The fourth-order valence-electron chi connectivity index (χ4n) is 2.86. The highest BCUT2D eigenvalue weighted by Gasteiger charge is 2.29. The number of anilines is 2. The summed E-state index contributed by atoms with van der Waals surface area (Å²) < 4.78 is 14.2.